The van der Waals surface area contributed by atoms with E-state index in [4.69, 9.17) is 26.3 Å². The summed E-state index contributed by atoms with van der Waals surface area (Å²) in [5.74, 6) is 0.917. The minimum atomic E-state index is -0.254. The summed E-state index contributed by atoms with van der Waals surface area (Å²) in [5, 5.41) is 12.2. The summed E-state index contributed by atoms with van der Waals surface area (Å²) in [6.07, 6.45) is 2.03. The van der Waals surface area contributed by atoms with Crippen LogP contribution < -0.4 is 14.8 Å². The first kappa shape index (κ1) is 17.8. The maximum Gasteiger partial charge on any atom is 0.322 e. The second-order valence-electron chi connectivity index (χ2n) is 5.74. The number of aromatic nitrogens is 1. The standard InChI is InChI=1S/C18H17ClN4O3/c1-25-16-3-2-13(19)9-15(16)22-18(24)23-7-5-14(11-23)26-17-8-12(10-20)4-6-21-17/h2-4,6,8-9,14H,5,7,11H2,1H3,(H,22,24). The third-order valence-corrected chi connectivity index (χ3v) is 4.22. The van der Waals surface area contributed by atoms with Gasteiger partial charge in [0.25, 0.3) is 0 Å². The first-order valence-corrected chi connectivity index (χ1v) is 8.39. The third-order valence-electron chi connectivity index (χ3n) is 3.99. The van der Waals surface area contributed by atoms with Crippen molar-refractivity contribution in [3.05, 3.63) is 47.1 Å². The molecule has 1 fully saturated rings. The minimum absolute atomic E-state index is 0.177. The zero-order valence-corrected chi connectivity index (χ0v) is 14.9. The van der Waals surface area contributed by atoms with Crippen LogP contribution in [0.15, 0.2) is 36.5 Å². The van der Waals surface area contributed by atoms with Gasteiger partial charge in [0.05, 0.1) is 31.0 Å². The van der Waals surface area contributed by atoms with E-state index in [1.54, 1.807) is 35.2 Å². The SMILES string of the molecule is COc1ccc(Cl)cc1NC(=O)N1CCC(Oc2cc(C#N)ccn2)C1. The zero-order valence-electron chi connectivity index (χ0n) is 14.1. The second kappa shape index (κ2) is 7.93. The number of pyridine rings is 1. The normalized spacial score (nSPS) is 16.0. The summed E-state index contributed by atoms with van der Waals surface area (Å²) in [6.45, 7) is 0.977. The molecule has 0 radical (unpaired) electrons. The first-order valence-electron chi connectivity index (χ1n) is 8.01. The Bertz CT molecular complexity index is 853. The van der Waals surface area contributed by atoms with Crippen LogP contribution >= 0.6 is 11.6 Å². The predicted octanol–water partition coefficient (Wildman–Crippen LogP) is 3.30. The van der Waals surface area contributed by atoms with E-state index in [1.807, 2.05) is 6.07 Å². The predicted molar refractivity (Wildman–Crippen MR) is 96.6 cm³/mol. The molecule has 1 aromatic heterocycles. The molecular weight excluding hydrogens is 356 g/mol. The number of methoxy groups -OCH3 is 1. The highest BCUT2D eigenvalue weighted by molar-refractivity contribution is 6.31. The molecule has 3 rings (SSSR count). The van der Waals surface area contributed by atoms with E-state index in [0.29, 0.717) is 47.4 Å². The summed E-state index contributed by atoms with van der Waals surface area (Å²) in [6, 6.07) is 10.0. The number of benzene rings is 1. The van der Waals surface area contributed by atoms with Crippen LogP contribution in [0.4, 0.5) is 10.5 Å². The van der Waals surface area contributed by atoms with Gasteiger partial charge in [-0.05, 0) is 24.3 Å². The number of likely N-dealkylation sites (tertiary alicyclic amines) is 1. The number of nitrogens with zero attached hydrogens (tertiary/aromatic N) is 3. The Morgan fingerprint density at radius 1 is 1.42 bits per heavy atom. The van der Waals surface area contributed by atoms with Crippen molar-refractivity contribution in [2.24, 2.45) is 0 Å². The fourth-order valence-corrected chi connectivity index (χ4v) is 2.87. The molecule has 0 aliphatic carbocycles. The molecule has 0 bridgehead atoms. The van der Waals surface area contributed by atoms with Gasteiger partial charge in [0.2, 0.25) is 5.88 Å². The highest BCUT2D eigenvalue weighted by atomic mass is 35.5. The van der Waals surface area contributed by atoms with Gasteiger partial charge in [-0.3, -0.25) is 0 Å². The molecule has 8 heteroatoms. The van der Waals surface area contributed by atoms with Crippen LogP contribution in [0.3, 0.4) is 0 Å². The van der Waals surface area contributed by atoms with Crippen LogP contribution in [0.2, 0.25) is 5.02 Å². The molecule has 1 saturated heterocycles. The van der Waals surface area contributed by atoms with E-state index in [9.17, 15) is 4.79 Å². The number of amides is 2. The van der Waals surface area contributed by atoms with E-state index in [0.717, 1.165) is 0 Å². The fourth-order valence-electron chi connectivity index (χ4n) is 2.70. The lowest BCUT2D eigenvalue weighted by molar-refractivity contribution is 0.190. The molecule has 1 aliphatic rings. The molecule has 134 valence electrons. The van der Waals surface area contributed by atoms with E-state index < -0.39 is 0 Å². The van der Waals surface area contributed by atoms with Gasteiger partial charge in [0.15, 0.2) is 0 Å². The molecule has 7 nitrogen and oxygen atoms in total. The van der Waals surface area contributed by atoms with Crippen molar-refractivity contribution in [3.63, 3.8) is 0 Å². The summed E-state index contributed by atoms with van der Waals surface area (Å²) < 4.78 is 11.0. The molecule has 1 N–H and O–H groups in total. The average Bonchev–Trinajstić information content (AvgIpc) is 3.11. The van der Waals surface area contributed by atoms with Crippen LogP contribution in [0.5, 0.6) is 11.6 Å². The largest absolute Gasteiger partial charge is 0.495 e. The Labute approximate surface area is 156 Å². The Kier molecular flexibility index (Phi) is 5.44. The average molecular weight is 373 g/mol. The van der Waals surface area contributed by atoms with Crippen LogP contribution in [-0.2, 0) is 0 Å². The van der Waals surface area contributed by atoms with Crippen LogP contribution in [0.1, 0.15) is 12.0 Å². The quantitative estimate of drug-likeness (QED) is 0.889. The van der Waals surface area contributed by atoms with Gasteiger partial charge in [-0.2, -0.15) is 5.26 Å². The lowest BCUT2D eigenvalue weighted by atomic mass is 10.3. The molecule has 2 amide bonds. The van der Waals surface area contributed by atoms with Crippen molar-refractivity contribution in [1.82, 2.24) is 9.88 Å². The van der Waals surface area contributed by atoms with Crippen molar-refractivity contribution in [3.8, 4) is 17.7 Å². The highest BCUT2D eigenvalue weighted by Crippen LogP contribution is 2.28. The lowest BCUT2D eigenvalue weighted by Gasteiger charge is -2.19. The van der Waals surface area contributed by atoms with E-state index in [-0.39, 0.29) is 12.1 Å². The van der Waals surface area contributed by atoms with Crippen molar-refractivity contribution in [1.29, 1.82) is 5.26 Å². The maximum absolute atomic E-state index is 12.5. The van der Waals surface area contributed by atoms with E-state index >= 15 is 0 Å². The van der Waals surface area contributed by atoms with Crippen molar-refractivity contribution in [2.45, 2.75) is 12.5 Å². The molecule has 0 saturated carbocycles. The maximum atomic E-state index is 12.5. The summed E-state index contributed by atoms with van der Waals surface area (Å²) in [4.78, 5) is 18.2. The molecule has 1 aliphatic heterocycles. The molecule has 1 aromatic carbocycles. The number of nitriles is 1. The molecule has 2 aromatic rings. The molecule has 2 heterocycles. The number of urea groups is 1. The summed E-state index contributed by atoms with van der Waals surface area (Å²) in [5.41, 5.74) is 0.994. The Hall–Kier alpha value is -2.98. The van der Waals surface area contributed by atoms with Crippen LogP contribution in [0.25, 0.3) is 0 Å². The van der Waals surface area contributed by atoms with Gasteiger partial charge in [-0.1, -0.05) is 11.6 Å². The Morgan fingerprint density at radius 3 is 3.04 bits per heavy atom. The van der Waals surface area contributed by atoms with Gasteiger partial charge in [0, 0.05) is 30.3 Å². The number of anilines is 1. The van der Waals surface area contributed by atoms with Gasteiger partial charge in [-0.25, -0.2) is 9.78 Å². The summed E-state index contributed by atoms with van der Waals surface area (Å²) in [7, 11) is 1.53. The van der Waals surface area contributed by atoms with Crippen molar-refractivity contribution < 1.29 is 14.3 Å². The van der Waals surface area contributed by atoms with Gasteiger partial charge in [-0.15, -0.1) is 0 Å². The molecule has 1 atom stereocenters. The highest BCUT2D eigenvalue weighted by Gasteiger charge is 2.28. The Balaban J connectivity index is 1.61. The molecular formula is C18H17ClN4O3. The van der Waals surface area contributed by atoms with Crippen LogP contribution in [0, 0.1) is 11.3 Å². The number of hydrogen-bond acceptors (Lipinski definition) is 5. The number of halogens is 1. The van der Waals surface area contributed by atoms with Gasteiger partial charge >= 0.3 is 6.03 Å². The number of carbonyl (C=O) groups excluding carboxylic acids is 1. The zero-order chi connectivity index (χ0) is 18.5. The number of rotatable bonds is 4. The van der Waals surface area contributed by atoms with E-state index in [2.05, 4.69) is 10.3 Å². The fraction of sp³-hybridized carbons (Fsp3) is 0.278. The van der Waals surface area contributed by atoms with Crippen molar-refractivity contribution >= 4 is 23.3 Å². The smallest absolute Gasteiger partial charge is 0.322 e. The number of hydrogen-bond donors (Lipinski definition) is 1. The van der Waals surface area contributed by atoms with Crippen LogP contribution in [-0.4, -0.2) is 42.2 Å². The number of ether oxygens (including phenoxy) is 2. The second-order valence-corrected chi connectivity index (χ2v) is 6.18. The molecule has 26 heavy (non-hydrogen) atoms. The van der Waals surface area contributed by atoms with Crippen molar-refractivity contribution in [2.75, 3.05) is 25.5 Å². The van der Waals surface area contributed by atoms with Gasteiger partial charge in [0.1, 0.15) is 11.9 Å². The molecule has 0 spiro atoms. The minimum Gasteiger partial charge on any atom is -0.495 e. The first-order chi connectivity index (χ1) is 12.6. The molecule has 1 unspecified atom stereocenters. The van der Waals surface area contributed by atoms with Gasteiger partial charge < -0.3 is 19.7 Å². The summed E-state index contributed by atoms with van der Waals surface area (Å²) >= 11 is 5.98. The number of nitrogens with one attached hydrogen (secondary N) is 1. The van der Waals surface area contributed by atoms with E-state index in [1.165, 1.54) is 13.3 Å². The number of carbonyl (C=O) groups is 1. The Morgan fingerprint density at radius 2 is 2.27 bits per heavy atom. The topological polar surface area (TPSA) is 87.5 Å². The third kappa shape index (κ3) is 4.16. The monoisotopic (exact) mass is 372 g/mol. The lowest BCUT2D eigenvalue weighted by Crippen LogP contribution is -2.34.